The number of nitriles is 1. The standard InChI is InChI=1S/C19H17N3O4/c1-25-14-7-6-12(10-15(14)26-2)16-13(11-20)18(23)21-19(24)17(16)22-8-4-3-5-9-22/h3-10,16-17H,1-2H3,(H-,21,23,24)/p+1/t16-,17-/m0/s1. The van der Waals surface area contributed by atoms with Crippen LogP contribution in [0.1, 0.15) is 17.5 Å². The molecule has 2 N–H and O–H groups in total. The summed E-state index contributed by atoms with van der Waals surface area (Å²) in [5.41, 5.74) is 0.736. The molecule has 7 nitrogen and oxygen atoms in total. The number of aromatic nitrogens is 1. The van der Waals surface area contributed by atoms with Gasteiger partial charge in [0.1, 0.15) is 11.6 Å². The topological polar surface area (TPSA) is 95.5 Å². The molecule has 0 saturated carbocycles. The number of rotatable bonds is 4. The number of carbonyl (C=O) groups excluding carboxylic acids is 1. The number of carbonyl (C=O) groups is 1. The molecule has 0 spiro atoms. The molecule has 7 heteroatoms. The van der Waals surface area contributed by atoms with Crippen molar-refractivity contribution in [3.8, 4) is 17.6 Å². The van der Waals surface area contributed by atoms with Crippen molar-refractivity contribution in [3.63, 3.8) is 0 Å². The predicted molar refractivity (Wildman–Crippen MR) is 91.4 cm³/mol. The van der Waals surface area contributed by atoms with Crippen molar-refractivity contribution in [2.45, 2.75) is 12.0 Å². The number of allylic oxidation sites excluding steroid dienone is 1. The molecular weight excluding hydrogens is 334 g/mol. The van der Waals surface area contributed by atoms with Crippen LogP contribution in [0.2, 0.25) is 0 Å². The Balaban J connectivity index is 2.19. The number of benzene rings is 1. The van der Waals surface area contributed by atoms with Gasteiger partial charge in [0, 0.05) is 12.1 Å². The lowest BCUT2D eigenvalue weighted by Gasteiger charge is -2.27. The van der Waals surface area contributed by atoms with Crippen LogP contribution in [-0.4, -0.2) is 25.2 Å². The van der Waals surface area contributed by atoms with Crippen LogP contribution in [0.15, 0.2) is 60.2 Å². The smallest absolute Gasteiger partial charge is 0.296 e. The van der Waals surface area contributed by atoms with E-state index in [0.29, 0.717) is 17.1 Å². The Morgan fingerprint density at radius 3 is 2.46 bits per heavy atom. The van der Waals surface area contributed by atoms with Gasteiger partial charge in [0.2, 0.25) is 11.9 Å². The van der Waals surface area contributed by atoms with Crippen LogP contribution < -0.4 is 19.4 Å². The van der Waals surface area contributed by atoms with Gasteiger partial charge in [-0.3, -0.25) is 10.1 Å². The highest BCUT2D eigenvalue weighted by Gasteiger charge is 2.45. The van der Waals surface area contributed by atoms with E-state index >= 15 is 0 Å². The monoisotopic (exact) mass is 352 g/mol. The first-order valence-corrected chi connectivity index (χ1v) is 7.92. The summed E-state index contributed by atoms with van der Waals surface area (Å²) in [6.07, 6.45) is 3.49. The number of amides is 1. The predicted octanol–water partition coefficient (Wildman–Crippen LogP) is 1.74. The van der Waals surface area contributed by atoms with Crippen LogP contribution in [0, 0.1) is 11.3 Å². The minimum atomic E-state index is -0.736. The molecule has 0 fully saturated rings. The van der Waals surface area contributed by atoms with Crippen molar-refractivity contribution < 1.29 is 23.9 Å². The molecule has 1 aliphatic rings. The highest BCUT2D eigenvalue weighted by Crippen LogP contribution is 2.39. The summed E-state index contributed by atoms with van der Waals surface area (Å²) in [7, 11) is 3.04. The fourth-order valence-corrected chi connectivity index (χ4v) is 3.14. The van der Waals surface area contributed by atoms with Gasteiger partial charge in [0.05, 0.1) is 20.1 Å². The lowest BCUT2D eigenvalue weighted by Crippen LogP contribution is -2.53. The number of nitrogens with zero attached hydrogens (tertiary/aromatic N) is 2. The van der Waals surface area contributed by atoms with E-state index in [0.717, 1.165) is 0 Å². The second kappa shape index (κ2) is 7.15. The van der Waals surface area contributed by atoms with Gasteiger partial charge >= 0.3 is 0 Å². The first kappa shape index (κ1) is 17.3. The third kappa shape index (κ3) is 2.93. The highest BCUT2D eigenvalue weighted by atomic mass is 16.5. The van der Waals surface area contributed by atoms with E-state index in [1.165, 1.54) is 14.2 Å². The third-order valence-electron chi connectivity index (χ3n) is 4.34. The van der Waals surface area contributed by atoms with Crippen molar-refractivity contribution in [3.05, 3.63) is 65.8 Å². The summed E-state index contributed by atoms with van der Waals surface area (Å²) in [4.78, 5) is 12.6. The summed E-state index contributed by atoms with van der Waals surface area (Å²) >= 11 is 0. The fraction of sp³-hybridized carbons (Fsp3) is 0.211. The molecule has 0 bridgehead atoms. The quantitative estimate of drug-likeness (QED) is 0.817. The zero-order valence-corrected chi connectivity index (χ0v) is 14.3. The van der Waals surface area contributed by atoms with Crippen molar-refractivity contribution in [2.24, 2.45) is 0 Å². The Bertz CT molecular complexity index is 903. The van der Waals surface area contributed by atoms with Gasteiger partial charge in [-0.1, -0.05) is 12.1 Å². The zero-order valence-electron chi connectivity index (χ0n) is 14.3. The zero-order chi connectivity index (χ0) is 18.7. The number of pyridine rings is 1. The molecule has 1 amide bonds. The maximum absolute atomic E-state index is 12.6. The SMILES string of the molecule is COc1ccc([C@H]2C(C#N)=C(O)NC(=O)[C@H]2[n+]2ccccc2)cc1OC. The minimum Gasteiger partial charge on any atom is -0.494 e. The summed E-state index contributed by atoms with van der Waals surface area (Å²) < 4.78 is 12.3. The van der Waals surface area contributed by atoms with Crippen LogP contribution in [0.3, 0.4) is 0 Å². The maximum Gasteiger partial charge on any atom is 0.296 e. The van der Waals surface area contributed by atoms with Crippen LogP contribution in [-0.2, 0) is 4.79 Å². The molecule has 2 aromatic rings. The number of methoxy groups -OCH3 is 2. The van der Waals surface area contributed by atoms with E-state index in [4.69, 9.17) is 9.47 Å². The number of hydrogen-bond acceptors (Lipinski definition) is 5. The highest BCUT2D eigenvalue weighted by molar-refractivity contribution is 5.84. The normalized spacial score (nSPS) is 19.5. The van der Waals surface area contributed by atoms with Gasteiger partial charge in [0.25, 0.3) is 5.91 Å². The van der Waals surface area contributed by atoms with Gasteiger partial charge in [-0.15, -0.1) is 0 Å². The van der Waals surface area contributed by atoms with E-state index < -0.39 is 23.8 Å². The molecule has 0 saturated heterocycles. The number of hydrogen-bond donors (Lipinski definition) is 2. The van der Waals surface area contributed by atoms with Gasteiger partial charge in [-0.2, -0.15) is 9.83 Å². The van der Waals surface area contributed by atoms with Gasteiger partial charge in [-0.25, -0.2) is 0 Å². The molecule has 132 valence electrons. The van der Waals surface area contributed by atoms with Gasteiger partial charge in [-0.05, 0) is 17.7 Å². The molecule has 1 aromatic heterocycles. The van der Waals surface area contributed by atoms with E-state index in [9.17, 15) is 15.2 Å². The molecule has 1 aliphatic heterocycles. The summed E-state index contributed by atoms with van der Waals surface area (Å²) in [6.45, 7) is 0. The molecular formula is C19H18N3O4+. The molecule has 2 atom stereocenters. The second-order valence-electron chi connectivity index (χ2n) is 5.72. The molecule has 26 heavy (non-hydrogen) atoms. The van der Waals surface area contributed by atoms with Gasteiger partial charge in [0.15, 0.2) is 23.9 Å². The largest absolute Gasteiger partial charge is 0.494 e. The Labute approximate surface area is 150 Å². The Kier molecular flexibility index (Phi) is 4.76. The van der Waals surface area contributed by atoms with E-state index in [-0.39, 0.29) is 5.57 Å². The lowest BCUT2D eigenvalue weighted by molar-refractivity contribution is -0.711. The Morgan fingerprint density at radius 2 is 1.85 bits per heavy atom. The number of aliphatic hydroxyl groups excluding tert-OH is 1. The van der Waals surface area contributed by atoms with Gasteiger partial charge < -0.3 is 14.6 Å². The summed E-state index contributed by atoms with van der Waals surface area (Å²) in [5.74, 6) is -0.500. The lowest BCUT2D eigenvalue weighted by atomic mass is 9.82. The minimum absolute atomic E-state index is 0.0816. The molecule has 1 aromatic carbocycles. The number of ether oxygens (including phenoxy) is 2. The molecule has 3 rings (SSSR count). The third-order valence-corrected chi connectivity index (χ3v) is 4.34. The fourth-order valence-electron chi connectivity index (χ4n) is 3.14. The summed E-state index contributed by atoms with van der Waals surface area (Å²) in [6, 6.07) is 11.9. The number of aliphatic hydroxyl groups is 1. The second-order valence-corrected chi connectivity index (χ2v) is 5.72. The van der Waals surface area contributed by atoms with Crippen LogP contribution in [0.25, 0.3) is 0 Å². The first-order valence-electron chi connectivity index (χ1n) is 7.92. The van der Waals surface area contributed by atoms with E-state index in [1.54, 1.807) is 47.3 Å². The van der Waals surface area contributed by atoms with E-state index in [2.05, 4.69) is 5.32 Å². The average Bonchev–Trinajstić information content (AvgIpc) is 2.67. The first-order chi connectivity index (χ1) is 12.6. The maximum atomic E-state index is 12.6. The Morgan fingerprint density at radius 1 is 1.15 bits per heavy atom. The Hall–Kier alpha value is -3.53. The van der Waals surface area contributed by atoms with Crippen molar-refractivity contribution in [1.29, 1.82) is 5.26 Å². The van der Waals surface area contributed by atoms with Crippen molar-refractivity contribution in [1.82, 2.24) is 5.32 Å². The van der Waals surface area contributed by atoms with Crippen molar-refractivity contribution >= 4 is 5.91 Å². The van der Waals surface area contributed by atoms with Crippen LogP contribution in [0.5, 0.6) is 11.5 Å². The van der Waals surface area contributed by atoms with Crippen LogP contribution >= 0.6 is 0 Å². The van der Waals surface area contributed by atoms with Crippen molar-refractivity contribution in [2.75, 3.05) is 14.2 Å². The van der Waals surface area contributed by atoms with Crippen LogP contribution in [0.4, 0.5) is 0 Å². The molecule has 2 heterocycles. The molecule has 0 aliphatic carbocycles. The molecule has 0 unspecified atom stereocenters. The average molecular weight is 352 g/mol. The van der Waals surface area contributed by atoms with E-state index in [1.807, 2.05) is 12.1 Å². The summed E-state index contributed by atoms with van der Waals surface area (Å²) in [5, 5.41) is 22.1. The molecule has 0 radical (unpaired) electrons. The number of nitrogens with one attached hydrogen (secondary N) is 1.